The number of aromatic nitrogens is 1. The largest absolute Gasteiger partial charge is 0.465 e. The lowest BCUT2D eigenvalue weighted by molar-refractivity contribution is -0.141. The summed E-state index contributed by atoms with van der Waals surface area (Å²) in [6.07, 6.45) is 3.33. The molecule has 2 N–H and O–H groups in total. The molecule has 1 saturated carbocycles. The van der Waals surface area contributed by atoms with Crippen molar-refractivity contribution in [3.63, 3.8) is 0 Å². The van der Waals surface area contributed by atoms with Gasteiger partial charge in [-0.3, -0.25) is 14.6 Å². The van der Waals surface area contributed by atoms with Crippen molar-refractivity contribution in [1.82, 2.24) is 20.1 Å². The summed E-state index contributed by atoms with van der Waals surface area (Å²) in [5.41, 5.74) is 1.67. The van der Waals surface area contributed by atoms with Gasteiger partial charge in [-0.15, -0.1) is 0 Å². The molecular weight excluding hydrogens is 439 g/mol. The summed E-state index contributed by atoms with van der Waals surface area (Å²) >= 11 is 0. The molecule has 2 aliphatic rings. The van der Waals surface area contributed by atoms with Gasteiger partial charge in [0, 0.05) is 49.4 Å². The maximum Gasteiger partial charge on any atom is 0.407 e. The van der Waals surface area contributed by atoms with E-state index in [0.29, 0.717) is 62.1 Å². The molecule has 1 aliphatic carbocycles. The Morgan fingerprint density at radius 3 is 2.47 bits per heavy atom. The maximum absolute atomic E-state index is 13.4. The Bertz CT molecular complexity index is 1050. The fourth-order valence-electron chi connectivity index (χ4n) is 4.79. The number of nitrogens with zero attached hydrogens (tertiary/aromatic N) is 3. The first-order chi connectivity index (χ1) is 16.3. The van der Waals surface area contributed by atoms with E-state index >= 15 is 0 Å². The van der Waals surface area contributed by atoms with E-state index in [0.717, 1.165) is 0 Å². The van der Waals surface area contributed by atoms with Crippen molar-refractivity contribution >= 4 is 17.9 Å². The van der Waals surface area contributed by atoms with Crippen LogP contribution in [0.5, 0.6) is 0 Å². The van der Waals surface area contributed by atoms with Gasteiger partial charge >= 0.3 is 6.09 Å². The molecule has 2 fully saturated rings. The number of hydrogen-bond acceptors (Lipinski definition) is 4. The zero-order valence-electron chi connectivity index (χ0n) is 19.1. The van der Waals surface area contributed by atoms with Crippen LogP contribution in [0.1, 0.15) is 43.0 Å². The van der Waals surface area contributed by atoms with Crippen molar-refractivity contribution in [2.45, 2.75) is 44.7 Å². The lowest BCUT2D eigenvalue weighted by Crippen LogP contribution is -2.56. The average molecular weight is 469 g/mol. The second kappa shape index (κ2) is 10.2. The highest BCUT2D eigenvalue weighted by molar-refractivity contribution is 5.94. The Morgan fingerprint density at radius 1 is 1.09 bits per heavy atom. The van der Waals surface area contributed by atoms with Gasteiger partial charge in [-0.05, 0) is 56.9 Å². The minimum atomic E-state index is -0.950. The standard InChI is InChI=1S/C25H29FN4O4/c1-16-15-29(25(33)34)11-12-30(16)24(32)17-5-8-21(9-6-17)28-23(31)19-7-10-22(27-14-19)18-3-2-4-20(26)13-18/h2-4,7,10,13-14,16-17,21H,5-6,8-9,11-12,15H2,1H3,(H,28,31)(H,33,34)/t16-,17-,21-/m0/s1. The number of piperazine rings is 1. The molecule has 180 valence electrons. The predicted molar refractivity (Wildman–Crippen MR) is 124 cm³/mol. The van der Waals surface area contributed by atoms with Crippen molar-refractivity contribution in [2.75, 3.05) is 19.6 Å². The summed E-state index contributed by atoms with van der Waals surface area (Å²) in [4.78, 5) is 44.3. The molecule has 34 heavy (non-hydrogen) atoms. The van der Waals surface area contributed by atoms with E-state index in [1.165, 1.54) is 23.2 Å². The van der Waals surface area contributed by atoms with Gasteiger partial charge in [0.2, 0.25) is 5.91 Å². The highest BCUT2D eigenvalue weighted by Crippen LogP contribution is 2.28. The van der Waals surface area contributed by atoms with Crippen LogP contribution in [0.3, 0.4) is 0 Å². The fraction of sp³-hybridized carbons (Fsp3) is 0.440. The minimum Gasteiger partial charge on any atom is -0.465 e. The molecular formula is C25H29FN4O4. The first-order valence-electron chi connectivity index (χ1n) is 11.6. The number of benzene rings is 1. The molecule has 1 aromatic heterocycles. The van der Waals surface area contributed by atoms with Crippen molar-refractivity contribution in [2.24, 2.45) is 5.92 Å². The van der Waals surface area contributed by atoms with Gasteiger partial charge < -0.3 is 20.2 Å². The van der Waals surface area contributed by atoms with Gasteiger partial charge in [0.05, 0.1) is 11.3 Å². The highest BCUT2D eigenvalue weighted by Gasteiger charge is 2.35. The van der Waals surface area contributed by atoms with Crippen LogP contribution in [0.25, 0.3) is 11.3 Å². The van der Waals surface area contributed by atoms with E-state index in [-0.39, 0.29) is 35.6 Å². The molecule has 9 heteroatoms. The molecule has 2 heterocycles. The number of carbonyl (C=O) groups is 3. The van der Waals surface area contributed by atoms with E-state index < -0.39 is 6.09 Å². The smallest absolute Gasteiger partial charge is 0.407 e. The van der Waals surface area contributed by atoms with Crippen LogP contribution in [-0.4, -0.2) is 69.5 Å². The Morgan fingerprint density at radius 2 is 1.85 bits per heavy atom. The van der Waals surface area contributed by atoms with Crippen LogP contribution in [-0.2, 0) is 4.79 Å². The van der Waals surface area contributed by atoms with Gasteiger partial charge in [0.15, 0.2) is 0 Å². The highest BCUT2D eigenvalue weighted by atomic mass is 19.1. The van der Waals surface area contributed by atoms with E-state index in [2.05, 4.69) is 10.3 Å². The monoisotopic (exact) mass is 468 g/mol. The summed E-state index contributed by atoms with van der Waals surface area (Å²) in [5, 5.41) is 12.2. The van der Waals surface area contributed by atoms with Gasteiger partial charge in [-0.1, -0.05) is 12.1 Å². The molecule has 0 spiro atoms. The number of hydrogen-bond donors (Lipinski definition) is 2. The lowest BCUT2D eigenvalue weighted by atomic mass is 9.84. The number of carbonyl (C=O) groups excluding carboxylic acids is 2. The zero-order chi connectivity index (χ0) is 24.2. The molecule has 8 nitrogen and oxygen atoms in total. The summed E-state index contributed by atoms with van der Waals surface area (Å²) in [5.74, 6) is -0.572. The van der Waals surface area contributed by atoms with Crippen LogP contribution < -0.4 is 5.32 Å². The van der Waals surface area contributed by atoms with Gasteiger partial charge in [-0.2, -0.15) is 0 Å². The summed E-state index contributed by atoms with van der Waals surface area (Å²) in [6, 6.07) is 9.36. The van der Waals surface area contributed by atoms with Crippen LogP contribution in [0, 0.1) is 11.7 Å². The Balaban J connectivity index is 1.27. The lowest BCUT2D eigenvalue weighted by Gasteiger charge is -2.41. The molecule has 1 atom stereocenters. The third kappa shape index (κ3) is 5.35. The molecule has 0 unspecified atom stereocenters. The second-order valence-electron chi connectivity index (χ2n) is 9.07. The molecule has 0 bridgehead atoms. The van der Waals surface area contributed by atoms with Gasteiger partial charge in [0.1, 0.15) is 5.82 Å². The van der Waals surface area contributed by atoms with Crippen LogP contribution in [0.2, 0.25) is 0 Å². The van der Waals surface area contributed by atoms with Gasteiger partial charge in [-0.25, -0.2) is 9.18 Å². The van der Waals surface area contributed by atoms with Crippen LogP contribution >= 0.6 is 0 Å². The summed E-state index contributed by atoms with van der Waals surface area (Å²) < 4.78 is 13.4. The Labute approximate surface area is 197 Å². The zero-order valence-corrected chi connectivity index (χ0v) is 19.1. The maximum atomic E-state index is 13.4. The normalized spacial score (nSPS) is 22.8. The van der Waals surface area contributed by atoms with Gasteiger partial charge in [0.25, 0.3) is 5.91 Å². The molecule has 0 radical (unpaired) electrons. The SMILES string of the molecule is C[C@H]1CN(C(=O)O)CCN1C(=O)[C@H]1CC[C@H](NC(=O)c2ccc(-c3cccc(F)c3)nc2)CC1. The first kappa shape index (κ1) is 23.7. The van der Waals surface area contributed by atoms with Crippen LogP contribution in [0.15, 0.2) is 42.6 Å². The average Bonchev–Trinajstić information content (AvgIpc) is 2.84. The van der Waals surface area contributed by atoms with Crippen molar-refractivity contribution in [1.29, 1.82) is 0 Å². The van der Waals surface area contributed by atoms with E-state index in [4.69, 9.17) is 5.11 Å². The Hall–Kier alpha value is -3.49. The number of pyridine rings is 1. The quantitative estimate of drug-likeness (QED) is 0.716. The molecule has 4 rings (SSSR count). The Kier molecular flexibility index (Phi) is 7.09. The summed E-state index contributed by atoms with van der Waals surface area (Å²) in [7, 11) is 0. The van der Waals surface area contributed by atoms with Crippen LogP contribution in [0.4, 0.5) is 9.18 Å². The van der Waals surface area contributed by atoms with Crippen molar-refractivity contribution < 1.29 is 23.9 Å². The summed E-state index contributed by atoms with van der Waals surface area (Å²) in [6.45, 7) is 2.97. The number of carboxylic acid groups (broad SMARTS) is 1. The van der Waals surface area contributed by atoms with Crippen molar-refractivity contribution in [3.05, 3.63) is 54.0 Å². The van der Waals surface area contributed by atoms with E-state index in [1.54, 1.807) is 29.2 Å². The van der Waals surface area contributed by atoms with E-state index in [1.807, 2.05) is 6.92 Å². The molecule has 1 saturated heterocycles. The molecule has 1 aromatic carbocycles. The number of halogens is 1. The van der Waals surface area contributed by atoms with E-state index in [9.17, 15) is 18.8 Å². The predicted octanol–water partition coefficient (Wildman–Crippen LogP) is 3.39. The van der Waals surface area contributed by atoms with Crippen molar-refractivity contribution in [3.8, 4) is 11.3 Å². The fourth-order valence-corrected chi connectivity index (χ4v) is 4.79. The molecule has 1 aliphatic heterocycles. The third-order valence-electron chi connectivity index (χ3n) is 6.74. The first-order valence-corrected chi connectivity index (χ1v) is 11.6. The molecule has 3 amide bonds. The topological polar surface area (TPSA) is 103 Å². The number of nitrogens with one attached hydrogen (secondary N) is 1. The number of amides is 3. The molecule has 2 aromatic rings. The third-order valence-corrected chi connectivity index (χ3v) is 6.74. The minimum absolute atomic E-state index is 0.0132. The second-order valence-corrected chi connectivity index (χ2v) is 9.07. The number of rotatable bonds is 4.